The van der Waals surface area contributed by atoms with Gasteiger partial charge in [0.15, 0.2) is 0 Å². The molecule has 164 valence electrons. The van der Waals surface area contributed by atoms with Crippen LogP contribution in [0.1, 0.15) is 21.5 Å². The summed E-state index contributed by atoms with van der Waals surface area (Å²) in [5.41, 5.74) is 1.59. The van der Waals surface area contributed by atoms with Gasteiger partial charge in [-0.1, -0.05) is 11.6 Å². The highest BCUT2D eigenvalue weighted by atomic mass is 35.5. The van der Waals surface area contributed by atoms with Crippen molar-refractivity contribution in [3.8, 4) is 0 Å². The van der Waals surface area contributed by atoms with Gasteiger partial charge >= 0.3 is 0 Å². The molecule has 30 heavy (non-hydrogen) atoms. The minimum atomic E-state index is -3.76. The van der Waals surface area contributed by atoms with Gasteiger partial charge < -0.3 is 5.32 Å². The first-order chi connectivity index (χ1) is 13.7. The third-order valence-corrected chi connectivity index (χ3v) is 8.56. The second kappa shape index (κ2) is 8.64. The molecule has 0 aliphatic carbocycles. The maximum atomic E-state index is 12.9. The third kappa shape index (κ3) is 4.68. The van der Waals surface area contributed by atoms with Crippen LogP contribution in [0.3, 0.4) is 0 Å². The number of amides is 1. The Balaban J connectivity index is 2.52. The molecule has 0 saturated carbocycles. The highest BCUT2D eigenvalue weighted by Gasteiger charge is 2.23. The molecule has 0 heterocycles. The van der Waals surface area contributed by atoms with E-state index in [9.17, 15) is 21.6 Å². The summed E-state index contributed by atoms with van der Waals surface area (Å²) in [6.07, 6.45) is 0. The van der Waals surface area contributed by atoms with E-state index in [-0.39, 0.29) is 26.1 Å². The first-order valence-electron chi connectivity index (χ1n) is 8.76. The average Bonchev–Trinajstić information content (AvgIpc) is 2.64. The molecule has 1 N–H and O–H groups in total. The molecule has 0 radical (unpaired) electrons. The Hall–Kier alpha value is -1.98. The molecule has 0 bridgehead atoms. The molecule has 11 heteroatoms. The molecule has 8 nitrogen and oxygen atoms in total. The van der Waals surface area contributed by atoms with Crippen molar-refractivity contribution in [2.75, 3.05) is 33.5 Å². The highest BCUT2D eigenvalue weighted by Crippen LogP contribution is 2.28. The molecule has 2 rings (SSSR count). The van der Waals surface area contributed by atoms with Crippen molar-refractivity contribution < 1.29 is 21.6 Å². The Morgan fingerprint density at radius 3 is 1.93 bits per heavy atom. The summed E-state index contributed by atoms with van der Waals surface area (Å²) in [6.45, 7) is 3.47. The Bertz CT molecular complexity index is 1210. The number of nitrogens with zero attached hydrogens (tertiary/aromatic N) is 2. The highest BCUT2D eigenvalue weighted by molar-refractivity contribution is 7.89. The van der Waals surface area contributed by atoms with Gasteiger partial charge in [-0.2, -0.15) is 0 Å². The fourth-order valence-electron chi connectivity index (χ4n) is 2.56. The summed E-state index contributed by atoms with van der Waals surface area (Å²) in [6, 6.07) is 6.73. The molecule has 2 aromatic carbocycles. The zero-order chi connectivity index (χ0) is 23.0. The fourth-order valence-corrected chi connectivity index (χ4v) is 4.70. The number of hydrogen-bond donors (Lipinski definition) is 1. The van der Waals surface area contributed by atoms with Crippen LogP contribution in [0.2, 0.25) is 5.02 Å². The van der Waals surface area contributed by atoms with Crippen LogP contribution in [0, 0.1) is 13.8 Å². The van der Waals surface area contributed by atoms with E-state index in [2.05, 4.69) is 5.32 Å². The number of hydrogen-bond acceptors (Lipinski definition) is 5. The molecule has 2 aromatic rings. The van der Waals surface area contributed by atoms with Crippen LogP contribution in [-0.4, -0.2) is 59.5 Å². The minimum absolute atomic E-state index is 0.0286. The van der Waals surface area contributed by atoms with Gasteiger partial charge in [-0.05, 0) is 55.3 Å². The molecular formula is C19H24ClN3O5S2. The van der Waals surface area contributed by atoms with E-state index in [1.54, 1.807) is 13.8 Å². The van der Waals surface area contributed by atoms with Crippen molar-refractivity contribution in [1.82, 2.24) is 8.61 Å². The number of anilines is 1. The molecular weight excluding hydrogens is 450 g/mol. The number of rotatable bonds is 6. The summed E-state index contributed by atoms with van der Waals surface area (Å²) in [4.78, 5) is 12.8. The van der Waals surface area contributed by atoms with Crippen molar-refractivity contribution in [2.45, 2.75) is 23.6 Å². The summed E-state index contributed by atoms with van der Waals surface area (Å²) in [7, 11) is -1.88. The van der Waals surface area contributed by atoms with Crippen LogP contribution >= 0.6 is 11.6 Å². The molecule has 0 spiro atoms. The van der Waals surface area contributed by atoms with E-state index >= 15 is 0 Å². The van der Waals surface area contributed by atoms with E-state index < -0.39 is 26.0 Å². The second-order valence-electron chi connectivity index (χ2n) is 7.08. The van der Waals surface area contributed by atoms with Gasteiger partial charge in [-0.25, -0.2) is 25.4 Å². The normalized spacial score (nSPS) is 12.4. The Kier molecular flexibility index (Phi) is 6.99. The van der Waals surface area contributed by atoms with E-state index in [1.165, 1.54) is 58.5 Å². The lowest BCUT2D eigenvalue weighted by Crippen LogP contribution is -2.23. The zero-order valence-corrected chi connectivity index (χ0v) is 19.9. The first-order valence-corrected chi connectivity index (χ1v) is 12.0. The Morgan fingerprint density at radius 1 is 0.867 bits per heavy atom. The maximum absolute atomic E-state index is 12.9. The van der Waals surface area contributed by atoms with E-state index in [0.29, 0.717) is 11.1 Å². The van der Waals surface area contributed by atoms with Crippen molar-refractivity contribution in [3.05, 3.63) is 52.0 Å². The van der Waals surface area contributed by atoms with E-state index in [1.807, 2.05) is 0 Å². The van der Waals surface area contributed by atoms with Crippen molar-refractivity contribution >= 4 is 43.2 Å². The van der Waals surface area contributed by atoms with Gasteiger partial charge in [0.1, 0.15) is 0 Å². The second-order valence-corrected chi connectivity index (χ2v) is 11.8. The summed E-state index contributed by atoms with van der Waals surface area (Å²) in [5.74, 6) is -0.655. The van der Waals surface area contributed by atoms with Crippen LogP contribution in [0.25, 0.3) is 0 Å². The Morgan fingerprint density at radius 2 is 1.40 bits per heavy atom. The van der Waals surface area contributed by atoms with Crippen molar-refractivity contribution in [3.63, 3.8) is 0 Å². The zero-order valence-electron chi connectivity index (χ0n) is 17.5. The standard InChI is InChI=1S/C19H24ClN3O5S2/c1-12-9-15(30(27,28)23(5)6)11-18(13(12)2)21-19(24)16-10-14(7-8-17(16)20)29(25,26)22(3)4/h7-11H,1-6H3,(H,21,24). The van der Waals surface area contributed by atoms with Crippen LogP contribution in [0.5, 0.6) is 0 Å². The van der Waals surface area contributed by atoms with Crippen LogP contribution in [-0.2, 0) is 20.0 Å². The largest absolute Gasteiger partial charge is 0.322 e. The number of benzene rings is 2. The molecule has 0 fully saturated rings. The SMILES string of the molecule is Cc1cc(S(=O)(=O)N(C)C)cc(NC(=O)c2cc(S(=O)(=O)N(C)C)ccc2Cl)c1C. The first kappa shape index (κ1) is 24.3. The molecule has 0 atom stereocenters. The number of nitrogens with one attached hydrogen (secondary N) is 1. The monoisotopic (exact) mass is 473 g/mol. The topological polar surface area (TPSA) is 104 Å². The summed E-state index contributed by atoms with van der Waals surface area (Å²) < 4.78 is 51.8. The smallest absolute Gasteiger partial charge is 0.257 e. The molecule has 1 amide bonds. The predicted octanol–water partition coefficient (Wildman–Crippen LogP) is 2.71. The summed E-state index contributed by atoms with van der Waals surface area (Å²) >= 11 is 6.13. The van der Waals surface area contributed by atoms with E-state index in [0.717, 1.165) is 8.61 Å². The number of sulfonamides is 2. The minimum Gasteiger partial charge on any atom is -0.322 e. The number of carbonyl (C=O) groups excluding carboxylic acids is 1. The molecule has 0 saturated heterocycles. The predicted molar refractivity (Wildman–Crippen MR) is 117 cm³/mol. The molecule has 0 aliphatic rings. The van der Waals surface area contributed by atoms with Gasteiger partial charge in [-0.3, -0.25) is 4.79 Å². The molecule has 0 aromatic heterocycles. The lowest BCUT2D eigenvalue weighted by Gasteiger charge is -2.17. The average molecular weight is 474 g/mol. The van der Waals surface area contributed by atoms with Crippen LogP contribution in [0.4, 0.5) is 5.69 Å². The fraction of sp³-hybridized carbons (Fsp3) is 0.316. The lowest BCUT2D eigenvalue weighted by atomic mass is 10.1. The van der Waals surface area contributed by atoms with Crippen molar-refractivity contribution in [2.24, 2.45) is 0 Å². The van der Waals surface area contributed by atoms with Gasteiger partial charge in [0.2, 0.25) is 20.0 Å². The Labute approximate surface area is 182 Å². The van der Waals surface area contributed by atoms with Crippen LogP contribution in [0.15, 0.2) is 40.1 Å². The van der Waals surface area contributed by atoms with Crippen molar-refractivity contribution in [1.29, 1.82) is 0 Å². The maximum Gasteiger partial charge on any atom is 0.257 e. The van der Waals surface area contributed by atoms with Gasteiger partial charge in [0, 0.05) is 33.9 Å². The quantitative estimate of drug-likeness (QED) is 0.694. The molecule has 0 aliphatic heterocycles. The number of aryl methyl sites for hydroxylation is 1. The third-order valence-electron chi connectivity index (χ3n) is 4.63. The number of halogens is 1. The van der Waals surface area contributed by atoms with Gasteiger partial charge in [0.25, 0.3) is 5.91 Å². The van der Waals surface area contributed by atoms with Gasteiger partial charge in [0.05, 0.1) is 20.4 Å². The number of carbonyl (C=O) groups is 1. The molecule has 0 unspecified atom stereocenters. The van der Waals surface area contributed by atoms with Gasteiger partial charge in [-0.15, -0.1) is 0 Å². The van der Waals surface area contributed by atoms with Crippen LogP contribution < -0.4 is 5.32 Å². The lowest BCUT2D eigenvalue weighted by molar-refractivity contribution is 0.102. The summed E-state index contributed by atoms with van der Waals surface area (Å²) in [5, 5.41) is 2.72. The van der Waals surface area contributed by atoms with E-state index in [4.69, 9.17) is 11.6 Å².